The summed E-state index contributed by atoms with van der Waals surface area (Å²) in [5, 5.41) is 11.0. The molecule has 0 rings (SSSR count). The van der Waals surface area contributed by atoms with Crippen molar-refractivity contribution in [2.45, 2.75) is 52.1 Å². The summed E-state index contributed by atoms with van der Waals surface area (Å²) < 4.78 is 5.00. The third kappa shape index (κ3) is 9.30. The SMILES string of the molecule is CCC(C)OC(=O)NCCCCCC(=O)O. The summed E-state index contributed by atoms with van der Waals surface area (Å²) in [5.74, 6) is -0.774. The van der Waals surface area contributed by atoms with Gasteiger partial charge in [0.15, 0.2) is 0 Å². The first-order valence-corrected chi connectivity index (χ1v) is 5.72. The maximum absolute atomic E-state index is 11.1. The minimum Gasteiger partial charge on any atom is -0.481 e. The molecule has 0 saturated heterocycles. The molecule has 1 atom stereocenters. The average Bonchev–Trinajstić information content (AvgIpc) is 2.22. The first-order chi connectivity index (χ1) is 7.56. The lowest BCUT2D eigenvalue weighted by Crippen LogP contribution is -2.28. The molecular formula is C11H21NO4. The predicted octanol–water partition coefficient (Wildman–Crippen LogP) is 2.16. The maximum Gasteiger partial charge on any atom is 0.407 e. The van der Waals surface area contributed by atoms with E-state index in [1.54, 1.807) is 0 Å². The Bertz CT molecular complexity index is 218. The Kier molecular flexibility index (Phi) is 8.29. The number of hydrogen-bond acceptors (Lipinski definition) is 3. The second kappa shape index (κ2) is 9.00. The van der Waals surface area contributed by atoms with Crippen LogP contribution in [0.1, 0.15) is 46.0 Å². The molecule has 94 valence electrons. The molecule has 0 aromatic rings. The fourth-order valence-corrected chi connectivity index (χ4v) is 1.08. The molecule has 0 aliphatic carbocycles. The highest BCUT2D eigenvalue weighted by atomic mass is 16.6. The van der Waals surface area contributed by atoms with E-state index in [9.17, 15) is 9.59 Å². The van der Waals surface area contributed by atoms with Crippen molar-refractivity contribution in [3.63, 3.8) is 0 Å². The molecule has 16 heavy (non-hydrogen) atoms. The van der Waals surface area contributed by atoms with Crippen LogP contribution in [0, 0.1) is 0 Å². The third-order valence-electron chi connectivity index (χ3n) is 2.22. The Morgan fingerprint density at radius 1 is 1.31 bits per heavy atom. The fraction of sp³-hybridized carbons (Fsp3) is 0.818. The number of hydrogen-bond donors (Lipinski definition) is 2. The van der Waals surface area contributed by atoms with Crippen LogP contribution in [0.25, 0.3) is 0 Å². The Labute approximate surface area is 96.2 Å². The van der Waals surface area contributed by atoms with Gasteiger partial charge in [-0.2, -0.15) is 0 Å². The molecule has 0 saturated carbocycles. The zero-order valence-corrected chi connectivity index (χ0v) is 9.99. The number of carbonyl (C=O) groups is 2. The Balaban J connectivity index is 3.31. The van der Waals surface area contributed by atoms with Gasteiger partial charge in [0.25, 0.3) is 0 Å². The van der Waals surface area contributed by atoms with Gasteiger partial charge in [-0.1, -0.05) is 13.3 Å². The number of carbonyl (C=O) groups excluding carboxylic acids is 1. The van der Waals surface area contributed by atoms with Gasteiger partial charge in [-0.05, 0) is 26.2 Å². The number of carboxylic acid groups (broad SMARTS) is 1. The Morgan fingerprint density at radius 2 is 2.00 bits per heavy atom. The molecule has 1 unspecified atom stereocenters. The molecule has 5 nitrogen and oxygen atoms in total. The van der Waals surface area contributed by atoms with Crippen molar-refractivity contribution >= 4 is 12.1 Å². The van der Waals surface area contributed by atoms with Crippen LogP contribution in [-0.2, 0) is 9.53 Å². The molecule has 5 heteroatoms. The molecule has 0 heterocycles. The van der Waals surface area contributed by atoms with Crippen LogP contribution >= 0.6 is 0 Å². The predicted molar refractivity (Wildman–Crippen MR) is 60.3 cm³/mol. The highest BCUT2D eigenvalue weighted by Crippen LogP contribution is 1.99. The second-order valence-corrected chi connectivity index (χ2v) is 3.76. The van der Waals surface area contributed by atoms with Crippen LogP contribution in [0.4, 0.5) is 4.79 Å². The second-order valence-electron chi connectivity index (χ2n) is 3.76. The third-order valence-corrected chi connectivity index (χ3v) is 2.22. The molecule has 2 N–H and O–H groups in total. The maximum atomic E-state index is 11.1. The van der Waals surface area contributed by atoms with Gasteiger partial charge in [0.1, 0.15) is 6.10 Å². The first-order valence-electron chi connectivity index (χ1n) is 5.72. The van der Waals surface area contributed by atoms with Gasteiger partial charge in [0.05, 0.1) is 0 Å². The van der Waals surface area contributed by atoms with Gasteiger partial charge in [-0.25, -0.2) is 4.79 Å². The molecule has 0 bridgehead atoms. The van der Waals surface area contributed by atoms with Crippen molar-refractivity contribution in [1.82, 2.24) is 5.32 Å². The monoisotopic (exact) mass is 231 g/mol. The van der Waals surface area contributed by atoms with E-state index in [4.69, 9.17) is 9.84 Å². The lowest BCUT2D eigenvalue weighted by Gasteiger charge is -2.11. The number of alkyl carbamates (subject to hydrolysis) is 1. The smallest absolute Gasteiger partial charge is 0.407 e. The molecule has 0 aromatic carbocycles. The fourth-order valence-electron chi connectivity index (χ4n) is 1.08. The van der Waals surface area contributed by atoms with E-state index in [1.165, 1.54) is 0 Å². The van der Waals surface area contributed by atoms with Gasteiger partial charge in [0, 0.05) is 13.0 Å². The molecule has 0 aliphatic rings. The summed E-state index contributed by atoms with van der Waals surface area (Å²) in [7, 11) is 0. The van der Waals surface area contributed by atoms with E-state index in [1.807, 2.05) is 13.8 Å². The summed E-state index contributed by atoms with van der Waals surface area (Å²) in [6.07, 6.45) is 2.76. The van der Waals surface area contributed by atoms with E-state index >= 15 is 0 Å². The molecule has 0 aromatic heterocycles. The zero-order chi connectivity index (χ0) is 12.4. The number of rotatable bonds is 8. The quantitative estimate of drug-likeness (QED) is 0.628. The van der Waals surface area contributed by atoms with Crippen molar-refractivity contribution in [1.29, 1.82) is 0 Å². The van der Waals surface area contributed by atoms with Crippen LogP contribution in [0.2, 0.25) is 0 Å². The largest absolute Gasteiger partial charge is 0.481 e. The Hall–Kier alpha value is -1.26. The van der Waals surface area contributed by atoms with Gasteiger partial charge in [0.2, 0.25) is 0 Å². The highest BCUT2D eigenvalue weighted by molar-refractivity contribution is 5.67. The summed E-state index contributed by atoms with van der Waals surface area (Å²) >= 11 is 0. The van der Waals surface area contributed by atoms with E-state index in [-0.39, 0.29) is 12.5 Å². The van der Waals surface area contributed by atoms with E-state index in [0.717, 1.165) is 19.3 Å². The van der Waals surface area contributed by atoms with Crippen LogP contribution in [0.3, 0.4) is 0 Å². The van der Waals surface area contributed by atoms with Crippen LogP contribution in [0.15, 0.2) is 0 Å². The van der Waals surface area contributed by atoms with Gasteiger partial charge >= 0.3 is 12.1 Å². The molecule has 0 fully saturated rings. The first kappa shape index (κ1) is 14.7. The number of carboxylic acids is 1. The van der Waals surface area contributed by atoms with Crippen LogP contribution in [0.5, 0.6) is 0 Å². The van der Waals surface area contributed by atoms with Crippen molar-refractivity contribution in [2.75, 3.05) is 6.54 Å². The highest BCUT2D eigenvalue weighted by Gasteiger charge is 2.05. The number of unbranched alkanes of at least 4 members (excludes halogenated alkanes) is 2. The lowest BCUT2D eigenvalue weighted by atomic mass is 10.2. The van der Waals surface area contributed by atoms with E-state index in [0.29, 0.717) is 13.0 Å². The molecule has 1 amide bonds. The average molecular weight is 231 g/mol. The topological polar surface area (TPSA) is 75.6 Å². The minimum atomic E-state index is -0.774. The van der Waals surface area contributed by atoms with Crippen molar-refractivity contribution in [3.8, 4) is 0 Å². The Morgan fingerprint density at radius 3 is 2.56 bits per heavy atom. The summed E-state index contributed by atoms with van der Waals surface area (Å²) in [5.41, 5.74) is 0. The zero-order valence-electron chi connectivity index (χ0n) is 9.99. The normalized spacial score (nSPS) is 11.9. The number of ether oxygens (including phenoxy) is 1. The number of nitrogens with one attached hydrogen (secondary N) is 1. The summed E-state index contributed by atoms with van der Waals surface area (Å²) in [6, 6.07) is 0. The van der Waals surface area contributed by atoms with Crippen molar-refractivity contribution in [3.05, 3.63) is 0 Å². The van der Waals surface area contributed by atoms with Gasteiger partial charge in [-0.15, -0.1) is 0 Å². The van der Waals surface area contributed by atoms with Crippen molar-refractivity contribution in [2.24, 2.45) is 0 Å². The van der Waals surface area contributed by atoms with E-state index < -0.39 is 12.1 Å². The van der Waals surface area contributed by atoms with Crippen LogP contribution < -0.4 is 5.32 Å². The standard InChI is InChI=1S/C11H21NO4/c1-3-9(2)16-11(15)12-8-6-4-5-7-10(13)14/h9H,3-8H2,1-2H3,(H,12,15)(H,13,14). The van der Waals surface area contributed by atoms with Gasteiger partial charge in [-0.3, -0.25) is 4.79 Å². The van der Waals surface area contributed by atoms with Crippen LogP contribution in [-0.4, -0.2) is 29.8 Å². The number of amides is 1. The molecule has 0 radical (unpaired) electrons. The van der Waals surface area contributed by atoms with E-state index in [2.05, 4.69) is 5.32 Å². The van der Waals surface area contributed by atoms with Crippen molar-refractivity contribution < 1.29 is 19.4 Å². The van der Waals surface area contributed by atoms with Gasteiger partial charge < -0.3 is 15.2 Å². The lowest BCUT2D eigenvalue weighted by molar-refractivity contribution is -0.137. The summed E-state index contributed by atoms with van der Waals surface area (Å²) in [4.78, 5) is 21.3. The minimum absolute atomic E-state index is 0.0630. The molecular weight excluding hydrogens is 210 g/mol. The number of aliphatic carboxylic acids is 1. The molecule has 0 spiro atoms. The summed E-state index contributed by atoms with van der Waals surface area (Å²) in [6.45, 7) is 4.32. The molecule has 0 aliphatic heterocycles.